The summed E-state index contributed by atoms with van der Waals surface area (Å²) in [5.41, 5.74) is 3.19. The molecule has 0 N–H and O–H groups in total. The zero-order valence-electron chi connectivity index (χ0n) is 14.0. The summed E-state index contributed by atoms with van der Waals surface area (Å²) >= 11 is 1.69. The predicted octanol–water partition coefficient (Wildman–Crippen LogP) is 4.98. The van der Waals surface area contributed by atoms with Gasteiger partial charge < -0.3 is 9.47 Å². The molecule has 0 amide bonds. The highest BCUT2D eigenvalue weighted by atomic mass is 32.2. The van der Waals surface area contributed by atoms with Gasteiger partial charge in [0.15, 0.2) is 5.78 Å². The summed E-state index contributed by atoms with van der Waals surface area (Å²) in [7, 11) is 1.58. The van der Waals surface area contributed by atoms with Crippen LogP contribution >= 0.6 is 11.8 Å². The van der Waals surface area contributed by atoms with Gasteiger partial charge in [-0.3, -0.25) is 4.79 Å². The highest BCUT2D eigenvalue weighted by Gasteiger charge is 2.01. The Kier molecular flexibility index (Phi) is 11.3. The fourth-order valence-corrected chi connectivity index (χ4v) is 2.79. The molecule has 0 bridgehead atoms. The molecule has 0 atom stereocenters. The van der Waals surface area contributed by atoms with Crippen LogP contribution in [0.5, 0.6) is 0 Å². The van der Waals surface area contributed by atoms with Crippen molar-refractivity contribution in [3.05, 3.63) is 47.0 Å². The molecule has 1 aromatic carbocycles. The van der Waals surface area contributed by atoms with Gasteiger partial charge in [-0.25, -0.2) is 0 Å². The fourth-order valence-electron chi connectivity index (χ4n) is 1.84. The van der Waals surface area contributed by atoms with Crippen LogP contribution in [0.25, 0.3) is 0 Å². The Morgan fingerprint density at radius 2 is 2.00 bits per heavy atom. The van der Waals surface area contributed by atoms with Crippen LogP contribution in [0.2, 0.25) is 0 Å². The van der Waals surface area contributed by atoms with E-state index in [9.17, 15) is 4.79 Å². The molecule has 0 aliphatic heterocycles. The fraction of sp³-hybridized carbons (Fsp3) is 0.474. The number of carbonyl (C=O) groups is 1. The molecule has 0 aromatic heterocycles. The smallest absolute Gasteiger partial charge is 0.163 e. The Morgan fingerprint density at radius 3 is 2.70 bits per heavy atom. The lowest BCUT2D eigenvalue weighted by Gasteiger charge is -2.04. The van der Waals surface area contributed by atoms with Crippen molar-refractivity contribution in [2.24, 2.45) is 0 Å². The van der Waals surface area contributed by atoms with Crippen LogP contribution in [0.3, 0.4) is 0 Å². The van der Waals surface area contributed by atoms with E-state index in [1.165, 1.54) is 4.90 Å². The van der Waals surface area contributed by atoms with E-state index in [0.29, 0.717) is 19.4 Å². The van der Waals surface area contributed by atoms with Crippen LogP contribution in [-0.4, -0.2) is 26.3 Å². The van der Waals surface area contributed by atoms with E-state index in [1.54, 1.807) is 24.9 Å². The third-order valence-electron chi connectivity index (χ3n) is 3.05. The Labute approximate surface area is 143 Å². The third-order valence-corrected chi connectivity index (χ3v) is 4.13. The third kappa shape index (κ3) is 10.1. The van der Waals surface area contributed by atoms with Gasteiger partial charge >= 0.3 is 0 Å². The number of hydrogen-bond donors (Lipinski definition) is 0. The lowest BCUT2D eigenvalue weighted by molar-refractivity contribution is -0.115. The first-order valence-electron chi connectivity index (χ1n) is 8.04. The predicted molar refractivity (Wildman–Crippen MR) is 95.5 cm³/mol. The van der Waals surface area contributed by atoms with E-state index in [0.717, 1.165) is 24.2 Å². The quantitative estimate of drug-likeness (QED) is 0.178. The van der Waals surface area contributed by atoms with Gasteiger partial charge in [0.2, 0.25) is 0 Å². The lowest BCUT2D eigenvalue weighted by atomic mass is 10.2. The van der Waals surface area contributed by atoms with Crippen molar-refractivity contribution < 1.29 is 14.3 Å². The van der Waals surface area contributed by atoms with Gasteiger partial charge in [0, 0.05) is 36.0 Å². The van der Waals surface area contributed by atoms with Crippen LogP contribution in [0.4, 0.5) is 0 Å². The highest BCUT2D eigenvalue weighted by Crippen LogP contribution is 2.29. The van der Waals surface area contributed by atoms with E-state index < -0.39 is 0 Å². The second-order valence-electron chi connectivity index (χ2n) is 5.12. The SMILES string of the molecule is CCCCC(=C=CC(=O)CCCOCOC)Sc1ccccc1. The van der Waals surface area contributed by atoms with Crippen molar-refractivity contribution in [2.45, 2.75) is 43.9 Å². The first-order valence-corrected chi connectivity index (χ1v) is 8.86. The number of methoxy groups -OCH3 is 1. The van der Waals surface area contributed by atoms with Crippen molar-refractivity contribution in [3.8, 4) is 0 Å². The van der Waals surface area contributed by atoms with Gasteiger partial charge in [-0.15, -0.1) is 5.73 Å². The molecule has 0 radical (unpaired) electrons. The number of ketones is 1. The summed E-state index contributed by atoms with van der Waals surface area (Å²) < 4.78 is 9.96. The standard InChI is InChI=1S/C19H26O3S/c1-3-4-10-19(23-18-11-6-5-7-12-18)14-13-17(20)9-8-15-22-16-21-2/h5-7,11-13H,3-4,8-10,15-16H2,1-2H3. The number of benzene rings is 1. The number of hydrogen-bond acceptors (Lipinski definition) is 4. The number of rotatable bonds is 12. The number of ether oxygens (including phenoxy) is 2. The molecule has 0 spiro atoms. The van der Waals surface area contributed by atoms with Gasteiger partial charge in [-0.05, 0) is 31.4 Å². The molecule has 0 saturated carbocycles. The zero-order chi connectivity index (χ0) is 16.8. The van der Waals surface area contributed by atoms with E-state index in [2.05, 4.69) is 24.8 Å². The van der Waals surface area contributed by atoms with E-state index in [1.807, 2.05) is 18.2 Å². The Bertz CT molecular complexity index is 505. The molecular formula is C19H26O3S. The summed E-state index contributed by atoms with van der Waals surface area (Å²) in [5, 5.41) is 0. The minimum absolute atomic E-state index is 0.0914. The Hall–Kier alpha value is -1.32. The van der Waals surface area contributed by atoms with Crippen molar-refractivity contribution in [2.75, 3.05) is 20.5 Å². The van der Waals surface area contributed by atoms with Gasteiger partial charge in [-0.1, -0.05) is 43.3 Å². The molecule has 4 heteroatoms. The summed E-state index contributed by atoms with van der Waals surface area (Å²) in [5.74, 6) is 0.0914. The number of allylic oxidation sites excluding steroid dienone is 1. The van der Waals surface area contributed by atoms with Gasteiger partial charge in [0.05, 0.1) is 0 Å². The average Bonchev–Trinajstić information content (AvgIpc) is 2.58. The summed E-state index contributed by atoms with van der Waals surface area (Å²) in [6.45, 7) is 2.98. The summed E-state index contributed by atoms with van der Waals surface area (Å²) in [6.07, 6.45) is 5.96. The molecule has 0 saturated heterocycles. The van der Waals surface area contributed by atoms with Crippen LogP contribution < -0.4 is 0 Å². The van der Waals surface area contributed by atoms with Crippen molar-refractivity contribution in [1.29, 1.82) is 0 Å². The van der Waals surface area contributed by atoms with Crippen LogP contribution in [0.15, 0.2) is 51.9 Å². The van der Waals surface area contributed by atoms with Gasteiger partial charge in [-0.2, -0.15) is 0 Å². The lowest BCUT2D eigenvalue weighted by Crippen LogP contribution is -2.01. The zero-order valence-corrected chi connectivity index (χ0v) is 14.9. The molecule has 1 aromatic rings. The highest BCUT2D eigenvalue weighted by molar-refractivity contribution is 8.03. The minimum atomic E-state index is 0.0914. The molecule has 3 nitrogen and oxygen atoms in total. The maximum absolute atomic E-state index is 11.9. The topological polar surface area (TPSA) is 35.5 Å². The number of unbranched alkanes of at least 4 members (excludes halogenated alkanes) is 1. The molecule has 0 aliphatic carbocycles. The summed E-state index contributed by atoms with van der Waals surface area (Å²) in [4.78, 5) is 14.2. The first kappa shape index (κ1) is 19.7. The largest absolute Gasteiger partial charge is 0.359 e. The molecule has 0 unspecified atom stereocenters. The molecule has 126 valence electrons. The Morgan fingerprint density at radius 1 is 1.22 bits per heavy atom. The average molecular weight is 334 g/mol. The van der Waals surface area contributed by atoms with Crippen LogP contribution in [0.1, 0.15) is 39.0 Å². The van der Waals surface area contributed by atoms with E-state index >= 15 is 0 Å². The Balaban J connectivity index is 2.54. The number of carbonyl (C=O) groups excluding carboxylic acids is 1. The summed E-state index contributed by atoms with van der Waals surface area (Å²) in [6, 6.07) is 10.2. The maximum atomic E-state index is 11.9. The van der Waals surface area contributed by atoms with Crippen molar-refractivity contribution >= 4 is 17.5 Å². The monoisotopic (exact) mass is 334 g/mol. The van der Waals surface area contributed by atoms with Crippen molar-refractivity contribution in [3.63, 3.8) is 0 Å². The van der Waals surface area contributed by atoms with Gasteiger partial charge in [0.1, 0.15) is 6.79 Å². The molecule has 1 rings (SSSR count). The van der Waals surface area contributed by atoms with Crippen molar-refractivity contribution in [1.82, 2.24) is 0 Å². The molecule has 0 aliphatic rings. The second kappa shape index (κ2) is 13.1. The molecular weight excluding hydrogens is 308 g/mol. The number of thioether (sulfide) groups is 1. The van der Waals surface area contributed by atoms with Crippen LogP contribution in [0, 0.1) is 0 Å². The molecule has 23 heavy (non-hydrogen) atoms. The minimum Gasteiger partial charge on any atom is -0.359 e. The maximum Gasteiger partial charge on any atom is 0.163 e. The van der Waals surface area contributed by atoms with Crippen LogP contribution in [-0.2, 0) is 14.3 Å². The van der Waals surface area contributed by atoms with E-state index in [4.69, 9.17) is 9.47 Å². The molecule has 0 heterocycles. The normalized spacial score (nSPS) is 10.2. The molecule has 0 fully saturated rings. The second-order valence-corrected chi connectivity index (χ2v) is 6.28. The van der Waals surface area contributed by atoms with Gasteiger partial charge in [0.25, 0.3) is 0 Å². The van der Waals surface area contributed by atoms with E-state index in [-0.39, 0.29) is 12.6 Å². The first-order chi connectivity index (χ1) is 11.3.